The Balaban J connectivity index is 2.02. The number of carbonyl (C=O) groups is 1. The number of pyridine rings is 1. The lowest BCUT2D eigenvalue weighted by molar-refractivity contribution is 0.0706. The second-order valence-corrected chi connectivity index (χ2v) is 4.25. The molecule has 0 radical (unpaired) electrons. The fourth-order valence-corrected chi connectivity index (χ4v) is 2.08. The van der Waals surface area contributed by atoms with Crippen LogP contribution in [0, 0.1) is 5.82 Å². The summed E-state index contributed by atoms with van der Waals surface area (Å²) in [6, 6.07) is 1.71. The first-order valence-corrected chi connectivity index (χ1v) is 5.78. The Labute approximate surface area is 99.8 Å². The molecular formula is C12H16FN3O. The van der Waals surface area contributed by atoms with Gasteiger partial charge in [-0.15, -0.1) is 0 Å². The Morgan fingerprint density at radius 2 is 2.18 bits per heavy atom. The van der Waals surface area contributed by atoms with Gasteiger partial charge in [-0.1, -0.05) is 0 Å². The number of amides is 1. The summed E-state index contributed by atoms with van der Waals surface area (Å²) in [4.78, 5) is 17.5. The van der Waals surface area contributed by atoms with Crippen LogP contribution in [-0.4, -0.2) is 42.0 Å². The summed E-state index contributed by atoms with van der Waals surface area (Å²) in [6.45, 7) is 1.42. The molecule has 4 nitrogen and oxygen atoms in total. The van der Waals surface area contributed by atoms with Gasteiger partial charge in [-0.05, 0) is 26.0 Å². The fraction of sp³-hybridized carbons (Fsp3) is 0.500. The number of aromatic nitrogens is 1. The van der Waals surface area contributed by atoms with Crippen LogP contribution in [0.5, 0.6) is 0 Å². The Bertz CT molecular complexity index is 402. The van der Waals surface area contributed by atoms with Crippen molar-refractivity contribution in [2.24, 2.45) is 0 Å². The summed E-state index contributed by atoms with van der Waals surface area (Å²) in [5, 5.41) is 3.20. The molecule has 0 aliphatic carbocycles. The SMILES string of the molecule is CNC1CCN(C(=O)c2cncc(F)c2)CC1. The van der Waals surface area contributed by atoms with Crippen LogP contribution in [0.1, 0.15) is 23.2 Å². The van der Waals surface area contributed by atoms with Crippen molar-refractivity contribution >= 4 is 5.91 Å². The molecule has 2 rings (SSSR count). The lowest BCUT2D eigenvalue weighted by atomic mass is 10.0. The van der Waals surface area contributed by atoms with Crippen molar-refractivity contribution in [1.82, 2.24) is 15.2 Å². The topological polar surface area (TPSA) is 45.2 Å². The molecule has 0 unspecified atom stereocenters. The van der Waals surface area contributed by atoms with E-state index in [1.165, 1.54) is 12.3 Å². The highest BCUT2D eigenvalue weighted by atomic mass is 19.1. The maximum atomic E-state index is 13.0. The number of rotatable bonds is 2. The summed E-state index contributed by atoms with van der Waals surface area (Å²) in [6.07, 6.45) is 4.38. The van der Waals surface area contributed by atoms with Crippen LogP contribution >= 0.6 is 0 Å². The van der Waals surface area contributed by atoms with Gasteiger partial charge in [0.2, 0.25) is 0 Å². The minimum absolute atomic E-state index is 0.133. The average molecular weight is 237 g/mol. The quantitative estimate of drug-likeness (QED) is 0.836. The zero-order chi connectivity index (χ0) is 12.3. The third kappa shape index (κ3) is 2.79. The number of nitrogens with zero attached hydrogens (tertiary/aromatic N) is 2. The predicted molar refractivity (Wildman–Crippen MR) is 62.2 cm³/mol. The third-order valence-electron chi connectivity index (χ3n) is 3.14. The number of piperidine rings is 1. The number of carbonyl (C=O) groups excluding carboxylic acids is 1. The van der Waals surface area contributed by atoms with E-state index in [1.54, 1.807) is 4.90 Å². The van der Waals surface area contributed by atoms with Crippen LogP contribution in [0.3, 0.4) is 0 Å². The van der Waals surface area contributed by atoms with Crippen molar-refractivity contribution in [3.05, 3.63) is 29.8 Å². The van der Waals surface area contributed by atoms with Crippen molar-refractivity contribution in [1.29, 1.82) is 0 Å². The summed E-state index contributed by atoms with van der Waals surface area (Å²) in [5.41, 5.74) is 0.327. The maximum absolute atomic E-state index is 13.0. The van der Waals surface area contributed by atoms with Gasteiger partial charge >= 0.3 is 0 Å². The van der Waals surface area contributed by atoms with Crippen molar-refractivity contribution < 1.29 is 9.18 Å². The first-order chi connectivity index (χ1) is 8.20. The molecule has 0 bridgehead atoms. The zero-order valence-corrected chi connectivity index (χ0v) is 9.82. The molecule has 1 N–H and O–H groups in total. The van der Waals surface area contributed by atoms with Gasteiger partial charge in [0.05, 0.1) is 11.8 Å². The highest BCUT2D eigenvalue weighted by Gasteiger charge is 2.22. The van der Waals surface area contributed by atoms with E-state index < -0.39 is 5.82 Å². The van der Waals surface area contributed by atoms with E-state index in [4.69, 9.17) is 0 Å². The molecule has 1 aromatic rings. The number of hydrogen-bond acceptors (Lipinski definition) is 3. The molecule has 1 aliphatic rings. The number of nitrogens with one attached hydrogen (secondary N) is 1. The smallest absolute Gasteiger partial charge is 0.255 e. The summed E-state index contributed by atoms with van der Waals surface area (Å²) >= 11 is 0. The van der Waals surface area contributed by atoms with E-state index in [1.807, 2.05) is 7.05 Å². The van der Waals surface area contributed by atoms with Crippen LogP contribution in [0.2, 0.25) is 0 Å². The second kappa shape index (κ2) is 5.23. The first kappa shape index (κ1) is 12.0. The average Bonchev–Trinajstić information content (AvgIpc) is 2.38. The third-order valence-corrected chi connectivity index (χ3v) is 3.14. The molecule has 17 heavy (non-hydrogen) atoms. The minimum atomic E-state index is -0.471. The summed E-state index contributed by atoms with van der Waals surface area (Å²) in [7, 11) is 1.93. The van der Waals surface area contributed by atoms with Crippen molar-refractivity contribution in [3.8, 4) is 0 Å². The van der Waals surface area contributed by atoms with Gasteiger partial charge in [0.1, 0.15) is 5.82 Å². The van der Waals surface area contributed by atoms with E-state index >= 15 is 0 Å². The Hall–Kier alpha value is -1.49. The number of hydrogen-bond donors (Lipinski definition) is 1. The molecule has 1 aliphatic heterocycles. The van der Waals surface area contributed by atoms with Gasteiger partial charge in [-0.2, -0.15) is 0 Å². The molecule has 0 saturated carbocycles. The van der Waals surface area contributed by atoms with Gasteiger partial charge in [0.25, 0.3) is 5.91 Å². The monoisotopic (exact) mass is 237 g/mol. The molecule has 2 heterocycles. The van der Waals surface area contributed by atoms with Crippen LogP contribution in [0.4, 0.5) is 4.39 Å². The van der Waals surface area contributed by atoms with Crippen molar-refractivity contribution in [2.45, 2.75) is 18.9 Å². The predicted octanol–water partition coefficient (Wildman–Crippen LogP) is 1.04. The Morgan fingerprint density at radius 1 is 1.47 bits per heavy atom. The maximum Gasteiger partial charge on any atom is 0.255 e. The van der Waals surface area contributed by atoms with Gasteiger partial charge in [-0.25, -0.2) is 4.39 Å². The summed E-state index contributed by atoms with van der Waals surface area (Å²) < 4.78 is 13.0. The lowest BCUT2D eigenvalue weighted by Gasteiger charge is -2.31. The molecule has 0 spiro atoms. The van der Waals surface area contributed by atoms with E-state index in [0.717, 1.165) is 19.0 Å². The number of likely N-dealkylation sites (tertiary alicyclic amines) is 1. The highest BCUT2D eigenvalue weighted by Crippen LogP contribution is 2.13. The van der Waals surface area contributed by atoms with E-state index in [0.29, 0.717) is 24.7 Å². The van der Waals surface area contributed by atoms with Crippen LogP contribution < -0.4 is 5.32 Å². The van der Waals surface area contributed by atoms with Gasteiger partial charge in [-0.3, -0.25) is 9.78 Å². The molecule has 1 amide bonds. The minimum Gasteiger partial charge on any atom is -0.338 e. The second-order valence-electron chi connectivity index (χ2n) is 4.25. The van der Waals surface area contributed by atoms with Crippen molar-refractivity contribution in [3.63, 3.8) is 0 Å². The van der Waals surface area contributed by atoms with Crippen LogP contribution in [0.15, 0.2) is 18.5 Å². The molecule has 1 aromatic heterocycles. The fourth-order valence-electron chi connectivity index (χ4n) is 2.08. The Morgan fingerprint density at radius 3 is 2.76 bits per heavy atom. The molecule has 0 atom stereocenters. The molecule has 1 saturated heterocycles. The summed E-state index contributed by atoms with van der Waals surface area (Å²) in [5.74, 6) is -0.604. The zero-order valence-electron chi connectivity index (χ0n) is 9.82. The highest BCUT2D eigenvalue weighted by molar-refractivity contribution is 5.93. The molecule has 1 fully saturated rings. The van der Waals surface area contributed by atoms with Gasteiger partial charge in [0.15, 0.2) is 0 Å². The van der Waals surface area contributed by atoms with Crippen LogP contribution in [0.25, 0.3) is 0 Å². The lowest BCUT2D eigenvalue weighted by Crippen LogP contribution is -2.44. The molecular weight excluding hydrogens is 221 g/mol. The van der Waals surface area contributed by atoms with Gasteiger partial charge < -0.3 is 10.2 Å². The normalized spacial score (nSPS) is 17.2. The standard InChI is InChI=1S/C12H16FN3O/c1-14-11-2-4-16(5-3-11)12(17)9-6-10(13)8-15-7-9/h6-8,11,14H,2-5H2,1H3. The van der Waals surface area contributed by atoms with Gasteiger partial charge in [0, 0.05) is 25.3 Å². The van der Waals surface area contributed by atoms with E-state index in [9.17, 15) is 9.18 Å². The van der Waals surface area contributed by atoms with E-state index in [2.05, 4.69) is 10.3 Å². The molecule has 0 aromatic carbocycles. The molecule has 92 valence electrons. The molecule has 5 heteroatoms. The number of halogens is 1. The van der Waals surface area contributed by atoms with E-state index in [-0.39, 0.29) is 5.91 Å². The largest absolute Gasteiger partial charge is 0.338 e. The first-order valence-electron chi connectivity index (χ1n) is 5.78. The Kier molecular flexibility index (Phi) is 3.68. The van der Waals surface area contributed by atoms with Crippen LogP contribution in [-0.2, 0) is 0 Å². The van der Waals surface area contributed by atoms with Crippen molar-refractivity contribution in [2.75, 3.05) is 20.1 Å².